The van der Waals surface area contributed by atoms with Crippen molar-refractivity contribution in [1.82, 2.24) is 0 Å². The molecule has 1 atom stereocenters. The van der Waals surface area contributed by atoms with E-state index in [2.05, 4.69) is 21.2 Å². The molecule has 6 heteroatoms. The topological polar surface area (TPSA) is 49.4 Å². The maximum absolute atomic E-state index is 12.5. The Kier molecular flexibility index (Phi) is 4.68. The molecule has 23 heavy (non-hydrogen) atoms. The number of nitrogens with one attached hydrogen (secondary N) is 1. The van der Waals surface area contributed by atoms with Crippen LogP contribution in [0.25, 0.3) is 0 Å². The summed E-state index contributed by atoms with van der Waals surface area (Å²) in [4.78, 5) is 26.6. The summed E-state index contributed by atoms with van der Waals surface area (Å²) in [6, 6.07) is 14.4. The fourth-order valence-corrected chi connectivity index (χ4v) is 3.20. The van der Waals surface area contributed by atoms with Gasteiger partial charge in [0.15, 0.2) is 0 Å². The first kappa shape index (κ1) is 16.0. The minimum atomic E-state index is -0.673. The predicted octanol–water partition coefficient (Wildman–Crippen LogP) is 4.09. The van der Waals surface area contributed by atoms with Crippen LogP contribution in [0.1, 0.15) is 6.42 Å². The molecule has 2 aromatic rings. The summed E-state index contributed by atoms with van der Waals surface area (Å²) < 4.78 is 0.898. The third-order valence-electron chi connectivity index (χ3n) is 3.73. The largest absolute Gasteiger partial charge is 0.325 e. The second-order valence-corrected chi connectivity index (χ2v) is 6.66. The molecule has 0 saturated carbocycles. The van der Waals surface area contributed by atoms with Gasteiger partial charge in [0.1, 0.15) is 5.92 Å². The van der Waals surface area contributed by atoms with Crippen molar-refractivity contribution in [3.63, 3.8) is 0 Å². The smallest absolute Gasteiger partial charge is 0.239 e. The van der Waals surface area contributed by atoms with E-state index < -0.39 is 5.92 Å². The fourth-order valence-electron chi connectivity index (χ4n) is 2.62. The van der Waals surface area contributed by atoms with Gasteiger partial charge in [0.05, 0.1) is 0 Å². The molecule has 2 amide bonds. The average molecular weight is 394 g/mol. The molecule has 2 aromatic carbocycles. The number of rotatable bonds is 3. The molecule has 0 radical (unpaired) electrons. The van der Waals surface area contributed by atoms with E-state index in [4.69, 9.17) is 11.6 Å². The van der Waals surface area contributed by atoms with Gasteiger partial charge in [0.25, 0.3) is 0 Å². The van der Waals surface area contributed by atoms with E-state index in [0.29, 0.717) is 23.7 Å². The molecule has 0 bridgehead atoms. The van der Waals surface area contributed by atoms with Crippen LogP contribution in [0.2, 0.25) is 5.02 Å². The number of halogens is 2. The zero-order chi connectivity index (χ0) is 16.4. The highest BCUT2D eigenvalue weighted by molar-refractivity contribution is 9.10. The Balaban J connectivity index is 1.72. The Morgan fingerprint density at radius 3 is 2.74 bits per heavy atom. The van der Waals surface area contributed by atoms with Gasteiger partial charge in [-0.05, 0) is 42.8 Å². The molecule has 0 aromatic heterocycles. The highest BCUT2D eigenvalue weighted by Gasteiger charge is 2.37. The number of carbonyl (C=O) groups is 2. The molecule has 0 unspecified atom stereocenters. The lowest BCUT2D eigenvalue weighted by molar-refractivity contribution is -0.129. The Labute approximate surface area is 147 Å². The summed E-state index contributed by atoms with van der Waals surface area (Å²) >= 11 is 9.30. The normalized spacial score (nSPS) is 17.4. The zero-order valence-corrected chi connectivity index (χ0v) is 14.5. The number of nitrogens with zero attached hydrogens (tertiary/aromatic N) is 1. The molecular formula is C17H14BrClN2O2. The zero-order valence-electron chi connectivity index (χ0n) is 12.1. The lowest BCUT2D eigenvalue weighted by atomic mass is 10.1. The van der Waals surface area contributed by atoms with E-state index in [9.17, 15) is 9.59 Å². The standard InChI is InChI=1S/C17H14BrClN2O2/c18-11-3-1-6-14(9-11)21-8-7-15(17(21)23)16(22)20-13-5-2-4-12(19)10-13/h1-6,9-10,15H,7-8H2,(H,20,22)/t15-/m0/s1. The molecule has 4 nitrogen and oxygen atoms in total. The van der Waals surface area contributed by atoms with Gasteiger partial charge in [0.2, 0.25) is 11.8 Å². The Hall–Kier alpha value is -1.85. The Morgan fingerprint density at radius 2 is 2.00 bits per heavy atom. The summed E-state index contributed by atoms with van der Waals surface area (Å²) in [6.07, 6.45) is 0.498. The summed E-state index contributed by atoms with van der Waals surface area (Å²) in [7, 11) is 0. The SMILES string of the molecule is O=C(Nc1cccc(Cl)c1)[C@@H]1CCN(c2cccc(Br)c2)C1=O. The number of anilines is 2. The van der Waals surface area contributed by atoms with Gasteiger partial charge >= 0.3 is 0 Å². The first-order chi connectivity index (χ1) is 11.0. The molecule has 1 aliphatic heterocycles. The van der Waals surface area contributed by atoms with Gasteiger partial charge in [-0.3, -0.25) is 9.59 Å². The van der Waals surface area contributed by atoms with Crippen LogP contribution < -0.4 is 10.2 Å². The van der Waals surface area contributed by atoms with Crippen molar-refractivity contribution in [3.8, 4) is 0 Å². The highest BCUT2D eigenvalue weighted by Crippen LogP contribution is 2.28. The van der Waals surface area contributed by atoms with Crippen LogP contribution in [-0.2, 0) is 9.59 Å². The Morgan fingerprint density at radius 1 is 1.22 bits per heavy atom. The molecule has 1 fully saturated rings. The van der Waals surface area contributed by atoms with Gasteiger partial charge in [-0.25, -0.2) is 0 Å². The molecule has 118 valence electrons. The summed E-state index contributed by atoms with van der Waals surface area (Å²) in [5.74, 6) is -1.15. The van der Waals surface area contributed by atoms with Crippen LogP contribution in [0.15, 0.2) is 53.0 Å². The van der Waals surface area contributed by atoms with Crippen molar-refractivity contribution >= 4 is 50.7 Å². The number of hydrogen-bond donors (Lipinski definition) is 1. The van der Waals surface area contributed by atoms with Crippen molar-refractivity contribution in [2.24, 2.45) is 5.92 Å². The van der Waals surface area contributed by atoms with Crippen LogP contribution in [0.5, 0.6) is 0 Å². The van der Waals surface area contributed by atoms with Gasteiger partial charge in [0, 0.05) is 27.4 Å². The fraction of sp³-hybridized carbons (Fsp3) is 0.176. The number of amides is 2. The molecule has 1 aliphatic rings. The maximum Gasteiger partial charge on any atom is 0.239 e. The van der Waals surface area contributed by atoms with E-state index in [1.54, 1.807) is 29.2 Å². The molecular weight excluding hydrogens is 380 g/mol. The van der Waals surface area contributed by atoms with Crippen molar-refractivity contribution in [2.45, 2.75) is 6.42 Å². The minimum Gasteiger partial charge on any atom is -0.325 e. The van der Waals surface area contributed by atoms with E-state index in [0.717, 1.165) is 10.2 Å². The minimum absolute atomic E-state index is 0.178. The second-order valence-electron chi connectivity index (χ2n) is 5.31. The van der Waals surface area contributed by atoms with Crippen LogP contribution in [0, 0.1) is 5.92 Å². The van der Waals surface area contributed by atoms with E-state index in [-0.39, 0.29) is 11.8 Å². The van der Waals surface area contributed by atoms with E-state index >= 15 is 0 Å². The summed E-state index contributed by atoms with van der Waals surface area (Å²) in [5.41, 5.74) is 1.39. The molecule has 3 rings (SSSR count). The maximum atomic E-state index is 12.5. The van der Waals surface area contributed by atoms with Gasteiger partial charge < -0.3 is 10.2 Å². The second kappa shape index (κ2) is 6.72. The van der Waals surface area contributed by atoms with E-state index in [1.807, 2.05) is 24.3 Å². The Bertz CT molecular complexity index is 766. The highest BCUT2D eigenvalue weighted by atomic mass is 79.9. The first-order valence-electron chi connectivity index (χ1n) is 7.18. The molecule has 1 saturated heterocycles. The van der Waals surface area contributed by atoms with E-state index in [1.165, 1.54) is 0 Å². The first-order valence-corrected chi connectivity index (χ1v) is 8.35. The number of hydrogen-bond acceptors (Lipinski definition) is 2. The van der Waals surface area contributed by atoms with Crippen molar-refractivity contribution < 1.29 is 9.59 Å². The van der Waals surface area contributed by atoms with Crippen LogP contribution >= 0.6 is 27.5 Å². The third kappa shape index (κ3) is 3.57. The van der Waals surface area contributed by atoms with Gasteiger partial charge in [-0.15, -0.1) is 0 Å². The van der Waals surface area contributed by atoms with Crippen molar-refractivity contribution in [1.29, 1.82) is 0 Å². The van der Waals surface area contributed by atoms with Crippen LogP contribution in [0.3, 0.4) is 0 Å². The lowest BCUT2D eigenvalue weighted by Gasteiger charge is -2.17. The third-order valence-corrected chi connectivity index (χ3v) is 4.46. The molecule has 0 aliphatic carbocycles. The molecule has 1 N–H and O–H groups in total. The molecule has 0 spiro atoms. The van der Waals surface area contributed by atoms with Gasteiger partial charge in [-0.2, -0.15) is 0 Å². The summed E-state index contributed by atoms with van der Waals surface area (Å²) in [6.45, 7) is 0.531. The van der Waals surface area contributed by atoms with Crippen molar-refractivity contribution in [3.05, 3.63) is 58.0 Å². The van der Waals surface area contributed by atoms with Crippen LogP contribution in [-0.4, -0.2) is 18.4 Å². The van der Waals surface area contributed by atoms with Gasteiger partial charge in [-0.1, -0.05) is 39.7 Å². The molecule has 1 heterocycles. The van der Waals surface area contributed by atoms with Crippen LogP contribution in [0.4, 0.5) is 11.4 Å². The lowest BCUT2D eigenvalue weighted by Crippen LogP contribution is -2.33. The predicted molar refractivity (Wildman–Crippen MR) is 94.7 cm³/mol. The summed E-state index contributed by atoms with van der Waals surface area (Å²) in [5, 5.41) is 3.30. The average Bonchev–Trinajstić information content (AvgIpc) is 2.89. The van der Waals surface area contributed by atoms with Crippen molar-refractivity contribution in [2.75, 3.05) is 16.8 Å². The number of benzene rings is 2. The quantitative estimate of drug-likeness (QED) is 0.798. The number of carbonyl (C=O) groups excluding carboxylic acids is 2. The monoisotopic (exact) mass is 392 g/mol.